The van der Waals surface area contributed by atoms with E-state index in [-0.39, 0.29) is 29.7 Å². The lowest BCUT2D eigenvalue weighted by Gasteiger charge is -2.16. The van der Waals surface area contributed by atoms with Gasteiger partial charge in [-0.15, -0.1) is 11.3 Å². The Kier molecular flexibility index (Phi) is 5.54. The summed E-state index contributed by atoms with van der Waals surface area (Å²) in [6.45, 7) is 0.704. The topological polar surface area (TPSA) is 50.3 Å². The number of carbonyl (C=O) groups excluding carboxylic acids is 2. The van der Waals surface area contributed by atoms with Crippen molar-refractivity contribution in [3.8, 4) is 0 Å². The molecule has 2 aromatic carbocycles. The normalized spacial score (nSPS) is 12.8. The van der Waals surface area contributed by atoms with Gasteiger partial charge < -0.3 is 4.90 Å². The van der Waals surface area contributed by atoms with Crippen molar-refractivity contribution in [2.75, 3.05) is 17.2 Å². The van der Waals surface area contributed by atoms with E-state index in [0.717, 1.165) is 22.1 Å². The zero-order chi connectivity index (χ0) is 19.5. The van der Waals surface area contributed by atoms with Crippen molar-refractivity contribution in [3.05, 3.63) is 76.5 Å². The number of ketones is 1. The molecule has 4 nitrogen and oxygen atoms in total. The highest BCUT2D eigenvalue weighted by molar-refractivity contribution is 8.01. The Morgan fingerprint density at radius 2 is 1.93 bits per heavy atom. The zero-order valence-corrected chi connectivity index (χ0v) is 16.6. The lowest BCUT2D eigenvalue weighted by atomic mass is 10.1. The highest BCUT2D eigenvalue weighted by Crippen LogP contribution is 2.29. The molecule has 0 bridgehead atoms. The van der Waals surface area contributed by atoms with Gasteiger partial charge in [-0.3, -0.25) is 9.59 Å². The first-order chi connectivity index (χ1) is 13.6. The number of thiazole rings is 1. The lowest BCUT2D eigenvalue weighted by molar-refractivity contribution is -0.117. The molecular formula is C21H17FN2O2S2. The fraction of sp³-hybridized carbons (Fsp3) is 0.190. The van der Waals surface area contributed by atoms with Crippen LogP contribution in [0.15, 0.2) is 58.3 Å². The van der Waals surface area contributed by atoms with Gasteiger partial charge in [-0.05, 0) is 42.3 Å². The summed E-state index contributed by atoms with van der Waals surface area (Å²) in [5.41, 5.74) is 3.39. The second kappa shape index (κ2) is 8.24. The zero-order valence-electron chi connectivity index (χ0n) is 14.9. The van der Waals surface area contributed by atoms with E-state index in [1.54, 1.807) is 0 Å². The molecule has 0 atom stereocenters. The largest absolute Gasteiger partial charge is 0.311 e. The Labute approximate surface area is 170 Å². The number of amides is 1. The van der Waals surface area contributed by atoms with Gasteiger partial charge in [0.05, 0.1) is 17.9 Å². The van der Waals surface area contributed by atoms with Crippen molar-refractivity contribution in [1.82, 2.24) is 4.98 Å². The number of halogens is 1. The summed E-state index contributed by atoms with van der Waals surface area (Å²) in [4.78, 5) is 31.1. The van der Waals surface area contributed by atoms with E-state index < -0.39 is 0 Å². The van der Waals surface area contributed by atoms with Crippen molar-refractivity contribution in [3.63, 3.8) is 0 Å². The van der Waals surface area contributed by atoms with Crippen LogP contribution in [0.5, 0.6) is 0 Å². The number of hydrogen-bond donors (Lipinski definition) is 0. The number of carbonyl (C=O) groups is 2. The van der Waals surface area contributed by atoms with Crippen LogP contribution in [-0.4, -0.2) is 29.0 Å². The molecule has 0 radical (unpaired) electrons. The molecule has 142 valence electrons. The van der Waals surface area contributed by atoms with Crippen LogP contribution in [0.2, 0.25) is 0 Å². The van der Waals surface area contributed by atoms with Crippen LogP contribution in [0.25, 0.3) is 0 Å². The summed E-state index contributed by atoms with van der Waals surface area (Å²) in [5.74, 6) is -0.175. The fourth-order valence-corrected chi connectivity index (χ4v) is 4.87. The molecule has 1 aromatic heterocycles. The van der Waals surface area contributed by atoms with Gasteiger partial charge in [0, 0.05) is 23.2 Å². The second-order valence-corrected chi connectivity index (χ2v) is 8.50. The van der Waals surface area contributed by atoms with Gasteiger partial charge in [0.25, 0.3) is 0 Å². The smallest absolute Gasteiger partial charge is 0.233 e. The standard InChI is InChI=1S/C21H17FN2O2S2/c22-16-7-5-15(6-8-16)19(25)13-28-21-23-17(12-27-21)11-20(26)24-10-9-14-3-1-2-4-18(14)24/h1-8,12H,9-11,13H2. The molecular weight excluding hydrogens is 395 g/mol. The Balaban J connectivity index is 1.34. The molecule has 2 heterocycles. The predicted octanol–water partition coefficient (Wildman–Crippen LogP) is 4.39. The average molecular weight is 413 g/mol. The number of Topliss-reactive ketones (excluding diaryl/α,β-unsaturated/α-hetero) is 1. The average Bonchev–Trinajstić information content (AvgIpc) is 3.33. The number of benzene rings is 2. The number of aromatic nitrogens is 1. The minimum atomic E-state index is -0.362. The SMILES string of the molecule is O=C(CSc1nc(CC(=O)N2CCc3ccccc32)cs1)c1ccc(F)cc1. The van der Waals surface area contributed by atoms with Crippen molar-refractivity contribution < 1.29 is 14.0 Å². The first-order valence-electron chi connectivity index (χ1n) is 8.84. The molecule has 0 saturated heterocycles. The third-order valence-corrected chi connectivity index (χ3v) is 6.61. The molecule has 4 rings (SSSR count). The molecule has 1 aliphatic rings. The molecule has 28 heavy (non-hydrogen) atoms. The van der Waals surface area contributed by atoms with Crippen LogP contribution < -0.4 is 4.90 Å². The fourth-order valence-electron chi connectivity index (χ4n) is 3.13. The molecule has 0 unspecified atom stereocenters. The highest BCUT2D eigenvalue weighted by Gasteiger charge is 2.24. The third-order valence-electron chi connectivity index (χ3n) is 4.54. The molecule has 0 fully saturated rings. The van der Waals surface area contributed by atoms with Gasteiger partial charge in [-0.1, -0.05) is 30.0 Å². The third kappa shape index (κ3) is 4.15. The molecule has 0 aliphatic carbocycles. The molecule has 0 saturated carbocycles. The van der Waals surface area contributed by atoms with E-state index in [1.807, 2.05) is 28.5 Å². The predicted molar refractivity (Wildman–Crippen MR) is 110 cm³/mol. The Morgan fingerprint density at radius 3 is 2.75 bits per heavy atom. The van der Waals surface area contributed by atoms with Crippen LogP contribution in [0.4, 0.5) is 10.1 Å². The van der Waals surface area contributed by atoms with Gasteiger partial charge in [0.2, 0.25) is 5.91 Å². The maximum absolute atomic E-state index is 12.9. The first-order valence-corrected chi connectivity index (χ1v) is 10.7. The van der Waals surface area contributed by atoms with Crippen molar-refractivity contribution in [2.45, 2.75) is 17.2 Å². The number of anilines is 1. The minimum Gasteiger partial charge on any atom is -0.311 e. The van der Waals surface area contributed by atoms with Gasteiger partial charge in [0.15, 0.2) is 10.1 Å². The highest BCUT2D eigenvalue weighted by atomic mass is 32.2. The van der Waals surface area contributed by atoms with Crippen LogP contribution in [0, 0.1) is 5.82 Å². The number of fused-ring (bicyclic) bond motifs is 1. The number of hydrogen-bond acceptors (Lipinski definition) is 5. The van der Waals surface area contributed by atoms with Crippen LogP contribution in [0.3, 0.4) is 0 Å². The molecule has 3 aromatic rings. The van der Waals surface area contributed by atoms with Gasteiger partial charge in [-0.2, -0.15) is 0 Å². The van der Waals surface area contributed by atoms with Crippen molar-refractivity contribution in [2.24, 2.45) is 0 Å². The van der Waals surface area contributed by atoms with E-state index in [4.69, 9.17) is 0 Å². The van der Waals surface area contributed by atoms with Gasteiger partial charge in [0.1, 0.15) is 5.82 Å². The van der Waals surface area contributed by atoms with E-state index in [0.29, 0.717) is 12.1 Å². The van der Waals surface area contributed by atoms with E-state index >= 15 is 0 Å². The number of thioether (sulfide) groups is 1. The molecule has 1 aliphatic heterocycles. The Hall–Kier alpha value is -2.51. The number of nitrogens with zero attached hydrogens (tertiary/aromatic N) is 2. The van der Waals surface area contributed by atoms with Crippen LogP contribution in [0.1, 0.15) is 21.6 Å². The maximum Gasteiger partial charge on any atom is 0.233 e. The summed E-state index contributed by atoms with van der Waals surface area (Å²) >= 11 is 2.76. The Morgan fingerprint density at radius 1 is 1.14 bits per heavy atom. The summed E-state index contributed by atoms with van der Waals surface area (Å²) in [6.07, 6.45) is 1.13. The quantitative estimate of drug-likeness (QED) is 0.445. The van der Waals surface area contributed by atoms with E-state index in [9.17, 15) is 14.0 Å². The van der Waals surface area contributed by atoms with Crippen LogP contribution in [-0.2, 0) is 17.6 Å². The van der Waals surface area contributed by atoms with E-state index in [1.165, 1.54) is 52.9 Å². The van der Waals surface area contributed by atoms with Gasteiger partial charge in [-0.25, -0.2) is 9.37 Å². The molecule has 0 spiro atoms. The summed E-state index contributed by atoms with van der Waals surface area (Å²) in [7, 11) is 0. The Bertz CT molecular complexity index is 1020. The minimum absolute atomic E-state index is 0.0363. The summed E-state index contributed by atoms with van der Waals surface area (Å²) < 4.78 is 13.7. The van der Waals surface area contributed by atoms with Crippen LogP contribution >= 0.6 is 23.1 Å². The van der Waals surface area contributed by atoms with Crippen molar-refractivity contribution in [1.29, 1.82) is 0 Å². The lowest BCUT2D eigenvalue weighted by Crippen LogP contribution is -2.30. The molecule has 0 N–H and O–H groups in total. The van der Waals surface area contributed by atoms with E-state index in [2.05, 4.69) is 11.1 Å². The monoisotopic (exact) mass is 412 g/mol. The summed E-state index contributed by atoms with van der Waals surface area (Å²) in [5, 5.41) is 1.87. The number of rotatable bonds is 6. The van der Waals surface area contributed by atoms with Gasteiger partial charge >= 0.3 is 0 Å². The maximum atomic E-state index is 12.9. The number of para-hydroxylation sites is 1. The second-order valence-electron chi connectivity index (χ2n) is 6.42. The first kappa shape index (κ1) is 18.8. The summed E-state index contributed by atoms with van der Waals surface area (Å²) in [6, 6.07) is 13.5. The molecule has 7 heteroatoms. The van der Waals surface area contributed by atoms with Crippen molar-refractivity contribution >= 4 is 40.5 Å². The molecule has 1 amide bonds.